The number of hydrogen-bond donors (Lipinski definition) is 0. The molecule has 5 nitrogen and oxygen atoms in total. The molecule has 61 heavy (non-hydrogen) atoms. The molecule has 0 bridgehead atoms. The second-order valence-corrected chi connectivity index (χ2v) is 15.8. The van der Waals surface area contributed by atoms with Gasteiger partial charge in [0.05, 0.1) is 44.3 Å². The van der Waals surface area contributed by atoms with Crippen molar-refractivity contribution < 1.29 is 0 Å². The van der Waals surface area contributed by atoms with Gasteiger partial charge in [-0.2, -0.15) is 0 Å². The van der Waals surface area contributed by atoms with Crippen molar-refractivity contribution in [3.63, 3.8) is 0 Å². The predicted molar refractivity (Wildman–Crippen MR) is 253 cm³/mol. The van der Waals surface area contributed by atoms with E-state index in [1.165, 1.54) is 49.1 Å². The molecule has 0 amide bonds. The number of para-hydroxylation sites is 5. The Hall–Kier alpha value is -8.28. The van der Waals surface area contributed by atoms with E-state index in [0.29, 0.717) is 5.95 Å². The Kier molecular flexibility index (Phi) is 7.24. The summed E-state index contributed by atoms with van der Waals surface area (Å²) < 4.78 is 7.07. The summed E-state index contributed by atoms with van der Waals surface area (Å²) in [5.41, 5.74) is 14.3. The molecule has 284 valence electrons. The molecule has 0 N–H and O–H groups in total. The minimum Gasteiger partial charge on any atom is -0.309 e. The predicted octanol–water partition coefficient (Wildman–Crippen LogP) is 14.3. The zero-order valence-corrected chi connectivity index (χ0v) is 32.9. The molecule has 4 heterocycles. The summed E-state index contributed by atoms with van der Waals surface area (Å²) in [4.78, 5) is 10.7. The van der Waals surface area contributed by atoms with Crippen LogP contribution in [0.3, 0.4) is 0 Å². The SMILES string of the molecule is c1ccc(-c2ccc(-c3nc(-n4c5ccccc5c5c6c7ccccc7n(-c7ccc8c(c7)c7ccccc7n8-c7ccccc7)c6ccc54)nc4ccccc34)cc2)cc1. The molecule has 0 saturated carbocycles. The average molecular weight is 778 g/mol. The molecule has 0 spiro atoms. The minimum atomic E-state index is 0.649. The monoisotopic (exact) mass is 777 g/mol. The molecule has 9 aromatic carbocycles. The van der Waals surface area contributed by atoms with Gasteiger partial charge in [0.1, 0.15) is 0 Å². The molecule has 4 aromatic heterocycles. The summed E-state index contributed by atoms with van der Waals surface area (Å²) in [5.74, 6) is 0.649. The van der Waals surface area contributed by atoms with Crippen molar-refractivity contribution in [1.82, 2.24) is 23.7 Å². The maximum absolute atomic E-state index is 5.43. The van der Waals surface area contributed by atoms with Crippen LogP contribution in [-0.4, -0.2) is 23.7 Å². The highest BCUT2D eigenvalue weighted by Crippen LogP contribution is 2.43. The van der Waals surface area contributed by atoms with E-state index in [1.807, 2.05) is 0 Å². The molecule has 13 aromatic rings. The molecule has 0 fully saturated rings. The lowest BCUT2D eigenvalue weighted by atomic mass is 10.0. The number of nitrogens with zero attached hydrogens (tertiary/aromatic N) is 5. The summed E-state index contributed by atoms with van der Waals surface area (Å²) in [6.45, 7) is 0. The number of aromatic nitrogens is 5. The van der Waals surface area contributed by atoms with E-state index in [-0.39, 0.29) is 0 Å². The fraction of sp³-hybridized carbons (Fsp3) is 0. The van der Waals surface area contributed by atoms with Gasteiger partial charge >= 0.3 is 0 Å². The third-order valence-corrected chi connectivity index (χ3v) is 12.5. The zero-order valence-electron chi connectivity index (χ0n) is 32.9. The topological polar surface area (TPSA) is 40.6 Å². The maximum atomic E-state index is 5.43. The van der Waals surface area contributed by atoms with Gasteiger partial charge < -0.3 is 9.13 Å². The van der Waals surface area contributed by atoms with Crippen LogP contribution in [0.5, 0.6) is 0 Å². The molecule has 0 atom stereocenters. The minimum absolute atomic E-state index is 0.649. The Morgan fingerprint density at radius 3 is 1.46 bits per heavy atom. The number of hydrogen-bond acceptors (Lipinski definition) is 2. The van der Waals surface area contributed by atoms with Crippen LogP contribution >= 0.6 is 0 Å². The Morgan fingerprint density at radius 1 is 0.279 bits per heavy atom. The van der Waals surface area contributed by atoms with E-state index >= 15 is 0 Å². The summed E-state index contributed by atoms with van der Waals surface area (Å²) in [7, 11) is 0. The van der Waals surface area contributed by atoms with Gasteiger partial charge in [-0.25, -0.2) is 9.97 Å². The van der Waals surface area contributed by atoms with Crippen LogP contribution in [0.2, 0.25) is 0 Å². The molecule has 0 radical (unpaired) electrons. The molecule has 0 saturated heterocycles. The molecule has 13 rings (SSSR count). The first-order valence-corrected chi connectivity index (χ1v) is 20.8. The first kappa shape index (κ1) is 33.7. The Morgan fingerprint density at radius 2 is 0.754 bits per heavy atom. The molecule has 0 aliphatic rings. The van der Waals surface area contributed by atoms with Crippen molar-refractivity contribution in [2.24, 2.45) is 0 Å². The van der Waals surface area contributed by atoms with E-state index in [4.69, 9.17) is 9.97 Å². The lowest BCUT2D eigenvalue weighted by Crippen LogP contribution is -2.03. The molecular weight excluding hydrogens is 743 g/mol. The molecular formula is C56H35N5. The average Bonchev–Trinajstić information content (AvgIpc) is 3.97. The van der Waals surface area contributed by atoms with Gasteiger partial charge in [0, 0.05) is 54.6 Å². The van der Waals surface area contributed by atoms with E-state index in [0.717, 1.165) is 61.0 Å². The first-order valence-electron chi connectivity index (χ1n) is 20.8. The fourth-order valence-corrected chi connectivity index (χ4v) is 9.80. The van der Waals surface area contributed by atoms with Gasteiger partial charge in [-0.15, -0.1) is 0 Å². The van der Waals surface area contributed by atoms with Crippen molar-refractivity contribution >= 4 is 76.3 Å². The highest BCUT2D eigenvalue weighted by Gasteiger charge is 2.23. The van der Waals surface area contributed by atoms with Crippen LogP contribution in [0.25, 0.3) is 116 Å². The summed E-state index contributed by atoms with van der Waals surface area (Å²) >= 11 is 0. The van der Waals surface area contributed by atoms with Crippen molar-refractivity contribution in [3.05, 3.63) is 212 Å². The van der Waals surface area contributed by atoms with Crippen LogP contribution in [0.4, 0.5) is 0 Å². The lowest BCUT2D eigenvalue weighted by molar-refractivity contribution is 1.01. The largest absolute Gasteiger partial charge is 0.309 e. The number of rotatable bonds is 5. The van der Waals surface area contributed by atoms with Gasteiger partial charge in [-0.3, -0.25) is 4.57 Å². The normalized spacial score (nSPS) is 11.9. The summed E-state index contributed by atoms with van der Waals surface area (Å²) in [5, 5.41) is 8.25. The highest BCUT2D eigenvalue weighted by atomic mass is 15.2. The number of fused-ring (bicyclic) bond motifs is 11. The maximum Gasteiger partial charge on any atom is 0.235 e. The van der Waals surface area contributed by atoms with E-state index in [2.05, 4.69) is 226 Å². The quantitative estimate of drug-likeness (QED) is 0.175. The Bertz CT molecular complexity index is 3850. The van der Waals surface area contributed by atoms with Crippen LogP contribution in [0, 0.1) is 0 Å². The second kappa shape index (κ2) is 13.1. The summed E-state index contributed by atoms with van der Waals surface area (Å²) in [6, 6.07) is 76.0. The lowest BCUT2D eigenvalue weighted by Gasteiger charge is -2.12. The third kappa shape index (κ3) is 5.01. The Balaban J connectivity index is 1.05. The van der Waals surface area contributed by atoms with Crippen molar-refractivity contribution in [2.75, 3.05) is 0 Å². The highest BCUT2D eigenvalue weighted by molar-refractivity contribution is 6.29. The van der Waals surface area contributed by atoms with Gasteiger partial charge in [-0.05, 0) is 77.9 Å². The van der Waals surface area contributed by atoms with Crippen molar-refractivity contribution in [2.45, 2.75) is 0 Å². The molecule has 5 heteroatoms. The molecule has 0 aliphatic carbocycles. The van der Waals surface area contributed by atoms with Crippen LogP contribution < -0.4 is 0 Å². The van der Waals surface area contributed by atoms with Gasteiger partial charge in [0.15, 0.2) is 0 Å². The summed E-state index contributed by atoms with van der Waals surface area (Å²) in [6.07, 6.45) is 0. The van der Waals surface area contributed by atoms with Gasteiger partial charge in [0.25, 0.3) is 0 Å². The van der Waals surface area contributed by atoms with Crippen molar-refractivity contribution in [3.8, 4) is 39.7 Å². The van der Waals surface area contributed by atoms with E-state index in [1.54, 1.807) is 0 Å². The Labute approximate surface area is 350 Å². The van der Waals surface area contributed by atoms with E-state index < -0.39 is 0 Å². The standard InChI is InChI=1S/C56H35N5/c1-3-15-36(16-4-1)37-27-29-38(30-28-37)55-42-20-7-11-23-46(42)57-56(58-55)61-49-26-14-10-22-44(49)54-52(61)34-33-51-53(54)43-21-9-13-25-48(43)60(51)40-31-32-50-45(35-40)41-19-8-12-24-47(41)59(50)39-17-5-2-6-18-39/h1-35H. The van der Waals surface area contributed by atoms with Crippen LogP contribution in [0.1, 0.15) is 0 Å². The van der Waals surface area contributed by atoms with Crippen molar-refractivity contribution in [1.29, 1.82) is 0 Å². The second-order valence-electron chi connectivity index (χ2n) is 15.8. The first-order chi connectivity index (χ1) is 30.3. The number of benzene rings is 9. The molecule has 0 aliphatic heterocycles. The third-order valence-electron chi connectivity index (χ3n) is 12.5. The van der Waals surface area contributed by atoms with Gasteiger partial charge in [-0.1, -0.05) is 146 Å². The van der Waals surface area contributed by atoms with E-state index in [9.17, 15) is 0 Å². The van der Waals surface area contributed by atoms with Gasteiger partial charge in [0.2, 0.25) is 5.95 Å². The van der Waals surface area contributed by atoms with Crippen LogP contribution in [-0.2, 0) is 0 Å². The zero-order chi connectivity index (χ0) is 40.0. The smallest absolute Gasteiger partial charge is 0.235 e. The van der Waals surface area contributed by atoms with Crippen LogP contribution in [0.15, 0.2) is 212 Å². The molecule has 0 unspecified atom stereocenters. The fourth-order valence-electron chi connectivity index (χ4n) is 9.80.